The zero-order valence-electron chi connectivity index (χ0n) is 19.1. The number of aliphatic hydroxyl groups is 1. The maximum absolute atomic E-state index is 13.4. The molecule has 0 aliphatic carbocycles. The van der Waals surface area contributed by atoms with Gasteiger partial charge in [0.05, 0.1) is 37.8 Å². The molecule has 0 spiro atoms. The minimum Gasteiger partial charge on any atom is -0.503 e. The monoisotopic (exact) mass is 479 g/mol. The van der Waals surface area contributed by atoms with Gasteiger partial charge in [-0.2, -0.15) is 0 Å². The van der Waals surface area contributed by atoms with Crippen molar-refractivity contribution < 1.29 is 28.9 Å². The molecular formula is C26H25NO6S. The quantitative estimate of drug-likeness (QED) is 0.452. The molecule has 1 atom stereocenters. The van der Waals surface area contributed by atoms with Crippen molar-refractivity contribution in [1.82, 2.24) is 4.90 Å². The fraction of sp³-hybridized carbons (Fsp3) is 0.231. The molecule has 1 N–H and O–H groups in total. The summed E-state index contributed by atoms with van der Waals surface area (Å²) < 4.78 is 16.2. The summed E-state index contributed by atoms with van der Waals surface area (Å²) >= 11 is 1.27. The highest BCUT2D eigenvalue weighted by Gasteiger charge is 2.44. The van der Waals surface area contributed by atoms with Gasteiger partial charge in [-0.1, -0.05) is 30.3 Å². The molecule has 0 saturated heterocycles. The fourth-order valence-corrected chi connectivity index (χ4v) is 4.84. The number of aliphatic hydroxyl groups excluding tert-OH is 1. The van der Waals surface area contributed by atoms with E-state index < -0.39 is 17.7 Å². The van der Waals surface area contributed by atoms with E-state index in [1.54, 1.807) is 49.9 Å². The highest BCUT2D eigenvalue weighted by Crippen LogP contribution is 2.42. The minimum absolute atomic E-state index is 0.0595. The molecule has 34 heavy (non-hydrogen) atoms. The van der Waals surface area contributed by atoms with Crippen molar-refractivity contribution in [2.24, 2.45) is 0 Å². The van der Waals surface area contributed by atoms with E-state index in [0.29, 0.717) is 34.1 Å². The summed E-state index contributed by atoms with van der Waals surface area (Å²) in [7, 11) is 4.67. The molecule has 4 rings (SSSR count). The molecule has 3 aromatic rings. The number of hydrogen-bond donors (Lipinski definition) is 1. The normalized spacial score (nSPS) is 15.6. The van der Waals surface area contributed by atoms with Crippen LogP contribution >= 0.6 is 11.3 Å². The van der Waals surface area contributed by atoms with E-state index in [1.807, 2.05) is 24.3 Å². The van der Waals surface area contributed by atoms with Crippen LogP contribution in [0.5, 0.6) is 17.2 Å². The molecule has 0 fully saturated rings. The van der Waals surface area contributed by atoms with E-state index in [1.165, 1.54) is 23.3 Å². The molecule has 0 unspecified atom stereocenters. The molecule has 1 aliphatic rings. The summed E-state index contributed by atoms with van der Waals surface area (Å²) in [6.07, 6.45) is 0.478. The SMILES string of the molecule is COc1ccc(CCN2C(=O)C(O)=C(C(=O)c3cccs3)[C@@H]2c2ccccc2OC)cc1OC. The Hall–Kier alpha value is -3.78. The zero-order valence-corrected chi connectivity index (χ0v) is 19.9. The van der Waals surface area contributed by atoms with Gasteiger partial charge in [0.25, 0.3) is 5.91 Å². The number of carbonyl (C=O) groups excluding carboxylic acids is 2. The van der Waals surface area contributed by atoms with Crippen molar-refractivity contribution >= 4 is 23.0 Å². The first-order chi connectivity index (χ1) is 16.5. The van der Waals surface area contributed by atoms with E-state index >= 15 is 0 Å². The number of ether oxygens (including phenoxy) is 3. The van der Waals surface area contributed by atoms with Crippen LogP contribution in [0.1, 0.15) is 26.8 Å². The van der Waals surface area contributed by atoms with Gasteiger partial charge in [-0.3, -0.25) is 9.59 Å². The highest BCUT2D eigenvalue weighted by atomic mass is 32.1. The maximum atomic E-state index is 13.4. The fourth-order valence-electron chi connectivity index (χ4n) is 4.16. The number of rotatable bonds is 9. The van der Waals surface area contributed by atoms with Crippen LogP contribution in [0.2, 0.25) is 0 Å². The molecular weight excluding hydrogens is 454 g/mol. The lowest BCUT2D eigenvalue weighted by Crippen LogP contribution is -2.33. The number of thiophene rings is 1. The van der Waals surface area contributed by atoms with Gasteiger partial charge in [-0.25, -0.2) is 0 Å². The third kappa shape index (κ3) is 4.24. The molecule has 176 valence electrons. The average molecular weight is 480 g/mol. The highest BCUT2D eigenvalue weighted by molar-refractivity contribution is 7.12. The van der Waals surface area contributed by atoms with Crippen molar-refractivity contribution in [3.8, 4) is 17.2 Å². The standard InChI is InChI=1S/C26H25NO6S/c1-31-18-8-5-4-7-17(18)23-22(24(28)21-9-6-14-34-21)25(29)26(30)27(23)13-12-16-10-11-19(32-2)20(15-16)33-3/h4-11,14-15,23,29H,12-13H2,1-3H3/t23-/m0/s1. The topological polar surface area (TPSA) is 85.3 Å². The number of Topliss-reactive ketones (excluding diaryl/α,β-unsaturated/α-hetero) is 1. The molecule has 1 aromatic heterocycles. The average Bonchev–Trinajstić information content (AvgIpc) is 3.49. The molecule has 2 aromatic carbocycles. The summed E-state index contributed by atoms with van der Waals surface area (Å²) in [4.78, 5) is 28.5. The van der Waals surface area contributed by atoms with Gasteiger partial charge in [-0.05, 0) is 41.6 Å². The van der Waals surface area contributed by atoms with Crippen molar-refractivity contribution in [2.45, 2.75) is 12.5 Å². The van der Waals surface area contributed by atoms with Crippen molar-refractivity contribution in [1.29, 1.82) is 0 Å². The van der Waals surface area contributed by atoms with Crippen LogP contribution in [0, 0.1) is 0 Å². The maximum Gasteiger partial charge on any atom is 0.290 e. The Labute approximate surface area is 201 Å². The van der Waals surface area contributed by atoms with Crippen molar-refractivity contribution in [2.75, 3.05) is 27.9 Å². The lowest BCUT2D eigenvalue weighted by atomic mass is 9.94. The Morgan fingerprint density at radius 2 is 1.71 bits per heavy atom. The Morgan fingerprint density at radius 3 is 2.38 bits per heavy atom. The Morgan fingerprint density at radius 1 is 0.971 bits per heavy atom. The number of nitrogens with zero attached hydrogens (tertiary/aromatic N) is 1. The van der Waals surface area contributed by atoms with E-state index in [0.717, 1.165) is 5.56 Å². The predicted molar refractivity (Wildman–Crippen MR) is 129 cm³/mol. The molecule has 1 amide bonds. The second-order valence-corrected chi connectivity index (χ2v) is 8.60. The number of methoxy groups -OCH3 is 3. The number of ketones is 1. The lowest BCUT2D eigenvalue weighted by molar-refractivity contribution is -0.129. The van der Waals surface area contributed by atoms with Crippen LogP contribution < -0.4 is 14.2 Å². The second-order valence-electron chi connectivity index (χ2n) is 7.65. The summed E-state index contributed by atoms with van der Waals surface area (Å²) in [5.41, 5.74) is 1.61. The van der Waals surface area contributed by atoms with Gasteiger partial charge in [0, 0.05) is 12.1 Å². The number of carbonyl (C=O) groups is 2. The van der Waals surface area contributed by atoms with Crippen LogP contribution in [0.4, 0.5) is 0 Å². The van der Waals surface area contributed by atoms with Gasteiger partial charge < -0.3 is 24.2 Å². The van der Waals surface area contributed by atoms with Gasteiger partial charge in [0.2, 0.25) is 5.78 Å². The zero-order chi connectivity index (χ0) is 24.2. The van der Waals surface area contributed by atoms with Gasteiger partial charge in [0.1, 0.15) is 5.75 Å². The van der Waals surface area contributed by atoms with E-state index in [9.17, 15) is 14.7 Å². The Bertz CT molecular complexity index is 1230. The number of amides is 1. The van der Waals surface area contributed by atoms with Crippen LogP contribution in [0.25, 0.3) is 0 Å². The smallest absolute Gasteiger partial charge is 0.290 e. The molecule has 0 bridgehead atoms. The van der Waals surface area contributed by atoms with Crippen LogP contribution in [-0.4, -0.2) is 49.6 Å². The van der Waals surface area contributed by atoms with Gasteiger partial charge in [0.15, 0.2) is 17.3 Å². The van der Waals surface area contributed by atoms with Crippen LogP contribution in [-0.2, 0) is 11.2 Å². The summed E-state index contributed by atoms with van der Waals surface area (Å²) in [5, 5.41) is 12.6. The second kappa shape index (κ2) is 10.0. The summed E-state index contributed by atoms with van der Waals surface area (Å²) in [6, 6.07) is 15.4. The predicted octanol–water partition coefficient (Wildman–Crippen LogP) is 4.59. The van der Waals surface area contributed by atoms with Crippen LogP contribution in [0.3, 0.4) is 0 Å². The van der Waals surface area contributed by atoms with Crippen LogP contribution in [0.15, 0.2) is 71.3 Å². The Balaban J connectivity index is 1.71. The van der Waals surface area contributed by atoms with Gasteiger partial charge >= 0.3 is 0 Å². The van der Waals surface area contributed by atoms with E-state index in [-0.39, 0.29) is 17.9 Å². The van der Waals surface area contributed by atoms with Crippen molar-refractivity contribution in [3.05, 3.63) is 87.3 Å². The first kappa shape index (κ1) is 23.4. The third-order valence-corrected chi connectivity index (χ3v) is 6.68. The molecule has 2 heterocycles. The molecule has 0 radical (unpaired) electrons. The molecule has 8 heteroatoms. The number of benzene rings is 2. The van der Waals surface area contributed by atoms with E-state index in [4.69, 9.17) is 14.2 Å². The third-order valence-electron chi connectivity index (χ3n) is 5.82. The first-order valence-electron chi connectivity index (χ1n) is 10.7. The minimum atomic E-state index is -0.779. The summed E-state index contributed by atoms with van der Waals surface area (Å²) in [5.74, 6) is 0.243. The molecule has 1 aliphatic heterocycles. The lowest BCUT2D eigenvalue weighted by Gasteiger charge is -2.28. The Kier molecular flexibility index (Phi) is 6.88. The van der Waals surface area contributed by atoms with E-state index in [2.05, 4.69) is 0 Å². The number of para-hydroxylation sites is 1. The summed E-state index contributed by atoms with van der Waals surface area (Å²) in [6.45, 7) is 0.266. The first-order valence-corrected chi connectivity index (χ1v) is 11.5. The molecule has 7 nitrogen and oxygen atoms in total. The molecule has 0 saturated carbocycles. The van der Waals surface area contributed by atoms with Crippen molar-refractivity contribution in [3.63, 3.8) is 0 Å². The largest absolute Gasteiger partial charge is 0.503 e. The number of hydrogen-bond acceptors (Lipinski definition) is 7. The van der Waals surface area contributed by atoms with Gasteiger partial charge in [-0.15, -0.1) is 11.3 Å².